The molecule has 0 aliphatic rings. The molecule has 1 N–H and O–H groups in total. The Kier molecular flexibility index (Phi) is 7.86. The number of benzene rings is 7. The highest BCUT2D eigenvalue weighted by atomic mass is 16.3. The molecule has 4 heteroatoms. The van der Waals surface area contributed by atoms with Gasteiger partial charge in [0.25, 0.3) is 0 Å². The molecule has 2 aromatic heterocycles. The largest absolute Gasteiger partial charge is 0.507 e. The number of nitrogens with zero attached hydrogens (tertiary/aromatic N) is 3. The monoisotopic (exact) mass is 816 g/mol. The lowest BCUT2D eigenvalue weighted by Crippen LogP contribution is -2.12. The molecule has 7 aromatic carbocycles. The van der Waals surface area contributed by atoms with Gasteiger partial charge < -0.3 is 5.11 Å². The zero-order chi connectivity index (χ0) is 50.8. The number of imidazole rings is 1. The molecule has 0 aliphatic heterocycles. The molecular weight excluding hydrogens is 755 g/mol. The summed E-state index contributed by atoms with van der Waals surface area (Å²) in [5.74, 6) is 0.366. The average Bonchev–Trinajstić information content (AvgIpc) is 3.71. The van der Waals surface area contributed by atoms with Gasteiger partial charge in [-0.25, -0.2) is 4.98 Å². The van der Waals surface area contributed by atoms with Gasteiger partial charge in [0.2, 0.25) is 0 Å². The van der Waals surface area contributed by atoms with Crippen molar-refractivity contribution in [3.8, 4) is 78.6 Å². The first kappa shape index (κ1) is 30.9. The quantitative estimate of drug-likeness (QED) is 0.174. The van der Waals surface area contributed by atoms with E-state index in [1.54, 1.807) is 30.3 Å². The average molecular weight is 817 g/mol. The first-order valence-corrected chi connectivity index (χ1v) is 20.8. The highest BCUT2D eigenvalue weighted by Gasteiger charge is 2.25. The van der Waals surface area contributed by atoms with Crippen molar-refractivity contribution in [2.24, 2.45) is 0 Å². The third kappa shape index (κ3) is 7.74. The Morgan fingerprint density at radius 3 is 1.87 bits per heavy atom. The van der Waals surface area contributed by atoms with E-state index in [0.29, 0.717) is 44.8 Å². The summed E-state index contributed by atoms with van der Waals surface area (Å²) in [4.78, 5) is 10.3. The van der Waals surface area contributed by atoms with E-state index < -0.39 is 26.0 Å². The third-order valence-corrected chi connectivity index (χ3v) is 11.6. The van der Waals surface area contributed by atoms with Crippen molar-refractivity contribution in [3.63, 3.8) is 0 Å². The maximum Gasteiger partial charge on any atom is 0.149 e. The molecule has 0 saturated carbocycles. The number of phenolic OH excluding ortho intramolecular Hbond substituents is 1. The van der Waals surface area contributed by atoms with Gasteiger partial charge in [-0.3, -0.25) is 9.55 Å². The summed E-state index contributed by atoms with van der Waals surface area (Å²) in [6.07, 6.45) is 1.83. The highest BCUT2D eigenvalue weighted by Crippen LogP contribution is 2.43. The number of fused-ring (bicyclic) bond motifs is 1. The Morgan fingerprint density at radius 2 is 1.18 bits per heavy atom. The topological polar surface area (TPSA) is 50.9 Å². The van der Waals surface area contributed by atoms with E-state index in [0.717, 1.165) is 55.8 Å². The van der Waals surface area contributed by atoms with E-state index in [9.17, 15) is 5.11 Å². The maximum atomic E-state index is 11.9. The first-order valence-electron chi connectivity index (χ1n) is 25.3. The third-order valence-electron chi connectivity index (χ3n) is 11.6. The lowest BCUT2D eigenvalue weighted by Gasteiger charge is -2.23. The fourth-order valence-electron chi connectivity index (χ4n) is 8.32. The van der Waals surface area contributed by atoms with Crippen LogP contribution in [0.2, 0.25) is 0 Å². The number of para-hydroxylation sites is 1. The van der Waals surface area contributed by atoms with E-state index in [1.165, 1.54) is 12.1 Å². The van der Waals surface area contributed by atoms with Crippen LogP contribution >= 0.6 is 0 Å². The van der Waals surface area contributed by atoms with Crippen LogP contribution in [0.5, 0.6) is 5.75 Å². The SMILES string of the molecule is [2H]C([2H])([2H])C(c1ccc(-n2c(-c3cc(C)cc(C)c3O)nc3c(-c4cc(-c5cc(-c6ccc(-c7ccccc7)cc6)ccn5)cc(C(C)(C)C)c4)cccc32)c(-c2ccccc2)c1)(C([2H])([2H])[2H])C([2H])([2H])[2H]. The van der Waals surface area contributed by atoms with E-state index in [2.05, 4.69) is 81.4 Å². The number of hydrogen-bond donors (Lipinski definition) is 1. The minimum Gasteiger partial charge on any atom is -0.507 e. The smallest absolute Gasteiger partial charge is 0.149 e. The van der Waals surface area contributed by atoms with Crippen molar-refractivity contribution >= 4 is 11.0 Å². The molecule has 0 atom stereocenters. The lowest BCUT2D eigenvalue weighted by atomic mass is 9.83. The molecule has 62 heavy (non-hydrogen) atoms. The number of aromatic hydroxyl groups is 1. The van der Waals surface area contributed by atoms with Gasteiger partial charge in [0.15, 0.2) is 0 Å². The van der Waals surface area contributed by atoms with Crippen molar-refractivity contribution in [2.75, 3.05) is 0 Å². The second-order valence-corrected chi connectivity index (χ2v) is 17.2. The zero-order valence-electron chi connectivity index (χ0n) is 44.5. The summed E-state index contributed by atoms with van der Waals surface area (Å²) < 4.78 is 78.8. The number of hydrogen-bond acceptors (Lipinski definition) is 3. The van der Waals surface area contributed by atoms with Crippen LogP contribution in [0.1, 0.15) is 75.9 Å². The van der Waals surface area contributed by atoms with Crippen molar-refractivity contribution in [1.29, 1.82) is 0 Å². The van der Waals surface area contributed by atoms with Crippen molar-refractivity contribution < 1.29 is 17.4 Å². The normalized spacial score (nSPS) is 14.7. The number of aromatic nitrogens is 3. The second-order valence-electron chi connectivity index (χ2n) is 17.2. The highest BCUT2D eigenvalue weighted by molar-refractivity contribution is 5.98. The molecule has 0 unspecified atom stereocenters. The van der Waals surface area contributed by atoms with Gasteiger partial charge in [0, 0.05) is 35.2 Å². The molecule has 0 fully saturated rings. The van der Waals surface area contributed by atoms with Gasteiger partial charge in [-0.05, 0) is 129 Å². The van der Waals surface area contributed by atoms with Crippen LogP contribution in [0.3, 0.4) is 0 Å². The minimum atomic E-state index is -3.48. The molecule has 0 spiro atoms. The first-order chi connectivity index (χ1) is 33.5. The number of pyridine rings is 1. The summed E-state index contributed by atoms with van der Waals surface area (Å²) in [5, 5.41) is 11.9. The Labute approximate surface area is 378 Å². The molecule has 9 aromatic rings. The fraction of sp³-hybridized carbons (Fsp3) is 0.172. The van der Waals surface area contributed by atoms with E-state index >= 15 is 0 Å². The van der Waals surface area contributed by atoms with Gasteiger partial charge in [0.05, 0.1) is 28.0 Å². The van der Waals surface area contributed by atoms with Crippen LogP contribution in [0.25, 0.3) is 83.9 Å². The van der Waals surface area contributed by atoms with E-state index in [4.69, 9.17) is 22.3 Å². The summed E-state index contributed by atoms with van der Waals surface area (Å²) in [7, 11) is 0. The lowest BCUT2D eigenvalue weighted by molar-refractivity contribution is 0.472. The molecule has 306 valence electrons. The molecule has 4 nitrogen and oxygen atoms in total. The molecule has 0 saturated heterocycles. The predicted molar refractivity (Wildman–Crippen MR) is 260 cm³/mol. The van der Waals surface area contributed by atoms with Gasteiger partial charge in [0.1, 0.15) is 11.6 Å². The van der Waals surface area contributed by atoms with Crippen LogP contribution in [-0.4, -0.2) is 19.6 Å². The molecular formula is C58H53N3O. The Morgan fingerprint density at radius 1 is 0.516 bits per heavy atom. The van der Waals surface area contributed by atoms with E-state index in [-0.39, 0.29) is 16.7 Å². The summed E-state index contributed by atoms with van der Waals surface area (Å²) in [6, 6.07) is 52.2. The second kappa shape index (κ2) is 15.8. The zero-order valence-corrected chi connectivity index (χ0v) is 35.5. The van der Waals surface area contributed by atoms with Gasteiger partial charge in [-0.2, -0.15) is 0 Å². The standard InChI is InChI=1S/C58H53N3O/c1-37-30-38(2)55(62)50(31-37)56-60-54-48(20-15-21-53(54)61(56)52-27-26-46(57(3,4)5)36-49(52)42-18-13-10-14-19-42)44-32-45(34-47(33-44)58(6,7)8)51-35-43(28-29-59-51)41-24-22-40(23-25-41)39-16-11-9-12-17-39/h9-36,62H,1-8H3/i3D3,4D3,5D3. The number of phenols is 1. The molecule has 9 rings (SSSR count). The Hall–Kier alpha value is -7.04. The van der Waals surface area contributed by atoms with Crippen molar-refractivity contribution in [2.45, 2.75) is 66.0 Å². The van der Waals surface area contributed by atoms with Crippen LogP contribution in [0, 0.1) is 13.8 Å². The maximum absolute atomic E-state index is 11.9. The van der Waals surface area contributed by atoms with Gasteiger partial charge >= 0.3 is 0 Å². The summed E-state index contributed by atoms with van der Waals surface area (Å²) in [5.41, 5.74) is 9.37. The molecule has 0 bridgehead atoms. The summed E-state index contributed by atoms with van der Waals surface area (Å²) >= 11 is 0. The number of rotatable bonds is 7. The van der Waals surface area contributed by atoms with Crippen LogP contribution in [-0.2, 0) is 10.8 Å². The Bertz CT molecular complexity index is 3400. The van der Waals surface area contributed by atoms with Gasteiger partial charge in [-0.1, -0.05) is 157 Å². The van der Waals surface area contributed by atoms with Gasteiger partial charge in [-0.15, -0.1) is 0 Å². The van der Waals surface area contributed by atoms with Crippen molar-refractivity contribution in [3.05, 3.63) is 192 Å². The Balaban J connectivity index is 1.29. The molecule has 0 aliphatic carbocycles. The minimum absolute atomic E-state index is 0.00971. The van der Waals surface area contributed by atoms with Crippen LogP contribution < -0.4 is 0 Å². The van der Waals surface area contributed by atoms with Crippen molar-refractivity contribution in [1.82, 2.24) is 14.5 Å². The molecule has 2 heterocycles. The molecule has 0 amide bonds. The summed E-state index contributed by atoms with van der Waals surface area (Å²) in [6.45, 7) is -0.186. The van der Waals surface area contributed by atoms with E-state index in [1.807, 2.05) is 85.3 Å². The van der Waals surface area contributed by atoms with Crippen LogP contribution in [0.4, 0.5) is 0 Å². The van der Waals surface area contributed by atoms with Crippen LogP contribution in [0.15, 0.2) is 170 Å². The molecule has 0 radical (unpaired) electrons. The predicted octanol–water partition coefficient (Wildman–Crippen LogP) is 15.3. The fourth-order valence-corrected chi connectivity index (χ4v) is 8.32. The number of aryl methyl sites for hydroxylation is 2.